The molecule has 1 aliphatic rings. The van der Waals surface area contributed by atoms with Crippen LogP contribution in [0.2, 0.25) is 0 Å². The fraction of sp³-hybridized carbons (Fsp3) is 0.263. The maximum absolute atomic E-state index is 4.30. The van der Waals surface area contributed by atoms with E-state index in [-0.39, 0.29) is 0 Å². The first-order valence-corrected chi connectivity index (χ1v) is 7.63. The third-order valence-electron chi connectivity index (χ3n) is 3.93. The minimum Gasteiger partial charge on any atom is -0.383 e. The normalized spacial score (nSPS) is 15.2. The Hall–Kier alpha value is -2.22. The zero-order valence-corrected chi connectivity index (χ0v) is 12.6. The summed E-state index contributed by atoms with van der Waals surface area (Å²) in [6.45, 7) is 11.2. The third-order valence-corrected chi connectivity index (χ3v) is 3.93. The van der Waals surface area contributed by atoms with Gasteiger partial charge in [0.1, 0.15) is 0 Å². The summed E-state index contributed by atoms with van der Waals surface area (Å²) in [4.78, 5) is 0. The van der Waals surface area contributed by atoms with Crippen molar-refractivity contribution < 1.29 is 0 Å². The van der Waals surface area contributed by atoms with Crippen LogP contribution in [0.5, 0.6) is 0 Å². The van der Waals surface area contributed by atoms with Crippen LogP contribution in [-0.4, -0.2) is 12.6 Å². The Balaban J connectivity index is 2.39. The van der Waals surface area contributed by atoms with E-state index in [0.29, 0.717) is 6.04 Å². The second-order valence-electron chi connectivity index (χ2n) is 5.54. The number of hydrogen-bond acceptors (Lipinski definition) is 2. The largest absolute Gasteiger partial charge is 0.383 e. The van der Waals surface area contributed by atoms with Crippen molar-refractivity contribution in [3.8, 4) is 0 Å². The van der Waals surface area contributed by atoms with E-state index in [1.807, 2.05) is 12.2 Å². The van der Waals surface area contributed by atoms with Crippen molar-refractivity contribution in [2.75, 3.05) is 17.2 Å². The molecule has 0 atom stereocenters. The smallest absolute Gasteiger partial charge is 0.0664 e. The first-order chi connectivity index (χ1) is 10.3. The van der Waals surface area contributed by atoms with Gasteiger partial charge in [-0.2, -0.15) is 0 Å². The molecule has 1 saturated carbocycles. The van der Waals surface area contributed by atoms with Gasteiger partial charge in [-0.3, -0.25) is 0 Å². The van der Waals surface area contributed by atoms with E-state index in [4.69, 9.17) is 0 Å². The second kappa shape index (κ2) is 5.65. The molecule has 2 nitrogen and oxygen atoms in total. The van der Waals surface area contributed by atoms with Gasteiger partial charge in [0.05, 0.1) is 11.4 Å². The Kier molecular flexibility index (Phi) is 3.70. The molecular weight excluding hydrogens is 256 g/mol. The highest BCUT2D eigenvalue weighted by atomic mass is 15.0. The van der Waals surface area contributed by atoms with Gasteiger partial charge in [-0.15, -0.1) is 0 Å². The molecule has 0 aromatic heterocycles. The third kappa shape index (κ3) is 2.54. The molecule has 0 amide bonds. The summed E-state index contributed by atoms with van der Waals surface area (Å²) < 4.78 is 0. The fourth-order valence-electron chi connectivity index (χ4n) is 2.77. The molecule has 1 aliphatic carbocycles. The molecule has 0 saturated heterocycles. The van der Waals surface area contributed by atoms with Gasteiger partial charge in [0, 0.05) is 23.2 Å². The van der Waals surface area contributed by atoms with Crippen molar-refractivity contribution in [2.45, 2.75) is 25.8 Å². The zero-order chi connectivity index (χ0) is 14.8. The summed E-state index contributed by atoms with van der Waals surface area (Å²) in [7, 11) is 0. The van der Waals surface area contributed by atoms with E-state index in [1.54, 1.807) is 0 Å². The van der Waals surface area contributed by atoms with Crippen molar-refractivity contribution in [3.05, 3.63) is 47.4 Å². The molecule has 2 aromatic rings. The predicted octanol–water partition coefficient (Wildman–Crippen LogP) is 3.22. The van der Waals surface area contributed by atoms with E-state index in [0.717, 1.165) is 22.7 Å². The van der Waals surface area contributed by atoms with Crippen molar-refractivity contribution in [1.82, 2.24) is 0 Å². The van der Waals surface area contributed by atoms with Crippen LogP contribution in [0.25, 0.3) is 23.4 Å². The summed E-state index contributed by atoms with van der Waals surface area (Å²) in [6, 6.07) is 9.09. The Labute approximate surface area is 125 Å². The van der Waals surface area contributed by atoms with Gasteiger partial charge in [-0.05, 0) is 30.4 Å². The lowest BCUT2D eigenvalue weighted by molar-refractivity contribution is 1.14. The van der Waals surface area contributed by atoms with E-state index < -0.39 is 0 Å². The number of benzene rings is 2. The quantitative estimate of drug-likeness (QED) is 0.877. The summed E-state index contributed by atoms with van der Waals surface area (Å²) in [5, 5.41) is 11.8. The van der Waals surface area contributed by atoms with E-state index >= 15 is 0 Å². The number of anilines is 2. The minimum atomic E-state index is 0.609. The monoisotopic (exact) mass is 278 g/mol. The lowest BCUT2D eigenvalue weighted by Crippen LogP contribution is -2.29. The summed E-state index contributed by atoms with van der Waals surface area (Å²) in [5.41, 5.74) is 2.35. The Morgan fingerprint density at radius 1 is 1.19 bits per heavy atom. The highest BCUT2D eigenvalue weighted by molar-refractivity contribution is 6.01. The average Bonchev–Trinajstić information content (AvgIpc) is 3.31. The van der Waals surface area contributed by atoms with Crippen molar-refractivity contribution in [1.29, 1.82) is 0 Å². The van der Waals surface area contributed by atoms with Crippen LogP contribution in [0.3, 0.4) is 0 Å². The van der Waals surface area contributed by atoms with Gasteiger partial charge < -0.3 is 10.6 Å². The SMILES string of the molecule is C=C/C=c1/c(NCC)c(NC2CC2)c2ccccc2c1=C. The fourth-order valence-corrected chi connectivity index (χ4v) is 2.77. The number of fused-ring (bicyclic) bond motifs is 1. The van der Waals surface area contributed by atoms with Gasteiger partial charge in [0.25, 0.3) is 0 Å². The second-order valence-corrected chi connectivity index (χ2v) is 5.54. The van der Waals surface area contributed by atoms with E-state index in [9.17, 15) is 0 Å². The van der Waals surface area contributed by atoms with Gasteiger partial charge in [0.15, 0.2) is 0 Å². The molecule has 0 bridgehead atoms. The topological polar surface area (TPSA) is 24.1 Å². The number of allylic oxidation sites excluding steroid dienone is 1. The van der Waals surface area contributed by atoms with Crippen LogP contribution in [0, 0.1) is 0 Å². The molecule has 0 heterocycles. The molecule has 0 spiro atoms. The van der Waals surface area contributed by atoms with E-state index in [2.05, 4.69) is 55.0 Å². The maximum atomic E-state index is 4.30. The van der Waals surface area contributed by atoms with Crippen LogP contribution >= 0.6 is 0 Å². The standard InChI is InChI=1S/C19H22N2/c1-4-8-16-13(3)15-9-6-7-10-17(15)19(18(16)20-5-2)21-14-11-12-14/h4,6-10,14,20-21H,1,3,5,11-12H2,2H3/b16-8+. The summed E-state index contributed by atoms with van der Waals surface area (Å²) in [5.74, 6) is 0. The van der Waals surface area contributed by atoms with Crippen LogP contribution < -0.4 is 21.1 Å². The first-order valence-electron chi connectivity index (χ1n) is 7.63. The lowest BCUT2D eigenvalue weighted by Gasteiger charge is -2.17. The molecule has 2 heteroatoms. The predicted molar refractivity (Wildman–Crippen MR) is 94.2 cm³/mol. The number of nitrogens with one attached hydrogen (secondary N) is 2. The molecule has 2 N–H and O–H groups in total. The van der Waals surface area contributed by atoms with E-state index in [1.165, 1.54) is 29.3 Å². The van der Waals surface area contributed by atoms with Crippen molar-refractivity contribution in [2.24, 2.45) is 0 Å². The molecule has 0 radical (unpaired) electrons. The summed E-state index contributed by atoms with van der Waals surface area (Å²) in [6.07, 6.45) is 6.39. The molecular formula is C19H22N2. The minimum absolute atomic E-state index is 0.609. The maximum Gasteiger partial charge on any atom is 0.0664 e. The molecule has 1 fully saturated rings. The lowest BCUT2D eigenvalue weighted by atomic mass is 10.0. The van der Waals surface area contributed by atoms with Crippen LogP contribution in [0.15, 0.2) is 36.9 Å². The molecule has 0 unspecified atom stereocenters. The number of rotatable bonds is 5. The van der Waals surface area contributed by atoms with Crippen LogP contribution in [0.1, 0.15) is 19.8 Å². The van der Waals surface area contributed by atoms with Gasteiger partial charge in [-0.1, -0.05) is 49.6 Å². The Morgan fingerprint density at radius 2 is 1.90 bits per heavy atom. The van der Waals surface area contributed by atoms with Crippen LogP contribution in [0.4, 0.5) is 11.4 Å². The molecule has 2 aromatic carbocycles. The van der Waals surface area contributed by atoms with Gasteiger partial charge in [-0.25, -0.2) is 0 Å². The molecule has 21 heavy (non-hydrogen) atoms. The number of hydrogen-bond donors (Lipinski definition) is 2. The van der Waals surface area contributed by atoms with Gasteiger partial charge in [0.2, 0.25) is 0 Å². The summed E-state index contributed by atoms with van der Waals surface area (Å²) >= 11 is 0. The molecule has 0 aliphatic heterocycles. The average molecular weight is 278 g/mol. The van der Waals surface area contributed by atoms with Crippen molar-refractivity contribution in [3.63, 3.8) is 0 Å². The highest BCUT2D eigenvalue weighted by Gasteiger charge is 2.23. The highest BCUT2D eigenvalue weighted by Crippen LogP contribution is 2.32. The molecule has 108 valence electrons. The zero-order valence-electron chi connectivity index (χ0n) is 12.6. The van der Waals surface area contributed by atoms with Gasteiger partial charge >= 0.3 is 0 Å². The van der Waals surface area contributed by atoms with Crippen LogP contribution in [-0.2, 0) is 0 Å². The van der Waals surface area contributed by atoms with Crippen molar-refractivity contribution >= 4 is 34.8 Å². The molecule has 3 rings (SSSR count). The first kappa shape index (κ1) is 13.7. The Morgan fingerprint density at radius 3 is 2.52 bits per heavy atom. The Bertz CT molecular complexity index is 785.